The first-order valence-corrected chi connectivity index (χ1v) is 12.5. The minimum atomic E-state index is -1.20. The number of nitrogens with zero attached hydrogens (tertiary/aromatic N) is 3. The number of benzene rings is 1. The number of carbonyl (C=O) groups excluding carboxylic acids is 1. The maximum atomic E-state index is 12.6. The number of anilines is 1. The van der Waals surface area contributed by atoms with Crippen molar-refractivity contribution in [3.63, 3.8) is 0 Å². The van der Waals surface area contributed by atoms with E-state index < -0.39 is 5.60 Å². The zero-order valence-electron chi connectivity index (χ0n) is 20.8. The van der Waals surface area contributed by atoms with Gasteiger partial charge in [0.05, 0.1) is 11.4 Å². The minimum Gasteiger partial charge on any atom is -0.382 e. The maximum Gasteiger partial charge on any atom is 0.273 e. The van der Waals surface area contributed by atoms with E-state index >= 15 is 0 Å². The molecule has 1 aromatic carbocycles. The van der Waals surface area contributed by atoms with Gasteiger partial charge in [-0.1, -0.05) is 48.7 Å². The van der Waals surface area contributed by atoms with Crippen LogP contribution >= 0.6 is 0 Å². The second-order valence-electron chi connectivity index (χ2n) is 10.1. The molecule has 9 heteroatoms. The van der Waals surface area contributed by atoms with Crippen molar-refractivity contribution in [3.8, 4) is 11.1 Å². The highest BCUT2D eigenvalue weighted by Crippen LogP contribution is 2.33. The molecular weight excluding hydrogens is 456 g/mol. The third kappa shape index (κ3) is 4.97. The average molecular weight is 489 g/mol. The molecule has 0 saturated heterocycles. The van der Waals surface area contributed by atoms with Crippen LogP contribution in [0.1, 0.15) is 80.7 Å². The van der Waals surface area contributed by atoms with Crippen LogP contribution in [0, 0.1) is 0 Å². The molecule has 1 fully saturated rings. The largest absolute Gasteiger partial charge is 0.382 e. The summed E-state index contributed by atoms with van der Waals surface area (Å²) in [5.41, 5.74) is 2.74. The van der Waals surface area contributed by atoms with Gasteiger partial charge in [0.15, 0.2) is 22.9 Å². The van der Waals surface area contributed by atoms with Gasteiger partial charge in [0.2, 0.25) is 0 Å². The second kappa shape index (κ2) is 9.73. The van der Waals surface area contributed by atoms with E-state index in [0.29, 0.717) is 6.04 Å². The Morgan fingerprint density at radius 1 is 1.17 bits per heavy atom. The molecule has 188 valence electrons. The highest BCUT2D eigenvalue weighted by molar-refractivity contribution is 6.00. The van der Waals surface area contributed by atoms with E-state index in [1.165, 1.54) is 25.3 Å². The number of carbonyl (C=O) groups is 1. The van der Waals surface area contributed by atoms with Crippen molar-refractivity contribution in [3.05, 3.63) is 59.6 Å². The summed E-state index contributed by atoms with van der Waals surface area (Å²) in [7, 11) is 0. The predicted octanol–water partition coefficient (Wildman–Crippen LogP) is 5.08. The molecule has 1 unspecified atom stereocenters. The van der Waals surface area contributed by atoms with E-state index in [0.717, 1.165) is 46.4 Å². The van der Waals surface area contributed by atoms with Gasteiger partial charge in [-0.25, -0.2) is 4.98 Å². The summed E-state index contributed by atoms with van der Waals surface area (Å²) in [5, 5.41) is 29.0. The van der Waals surface area contributed by atoms with Crippen LogP contribution in [0.15, 0.2) is 47.1 Å². The molecule has 1 amide bonds. The Labute approximate surface area is 209 Å². The van der Waals surface area contributed by atoms with Crippen molar-refractivity contribution >= 4 is 22.8 Å². The highest BCUT2D eigenvalue weighted by atomic mass is 16.5. The van der Waals surface area contributed by atoms with Crippen molar-refractivity contribution in [2.75, 3.05) is 5.32 Å². The Morgan fingerprint density at radius 3 is 2.61 bits per heavy atom. The molecule has 4 N–H and O–H groups in total. The molecular formula is C27H32N6O3. The number of H-pyrrole nitrogens is 1. The summed E-state index contributed by atoms with van der Waals surface area (Å²) in [5.74, 6) is 0.728. The fourth-order valence-corrected chi connectivity index (χ4v) is 4.71. The lowest BCUT2D eigenvalue weighted by molar-refractivity contribution is 0.0474. The number of amides is 1. The van der Waals surface area contributed by atoms with Crippen molar-refractivity contribution < 1.29 is 14.4 Å². The van der Waals surface area contributed by atoms with Crippen molar-refractivity contribution in [2.24, 2.45) is 0 Å². The fourth-order valence-electron chi connectivity index (χ4n) is 4.71. The molecule has 3 aromatic heterocycles. The first-order valence-electron chi connectivity index (χ1n) is 12.5. The van der Waals surface area contributed by atoms with E-state index in [2.05, 4.69) is 31.0 Å². The molecule has 3 heterocycles. The van der Waals surface area contributed by atoms with Gasteiger partial charge in [-0.2, -0.15) is 5.10 Å². The molecule has 0 bridgehead atoms. The van der Waals surface area contributed by atoms with Crippen LogP contribution in [0.2, 0.25) is 0 Å². The topological polar surface area (TPSA) is 129 Å². The fraction of sp³-hybridized carbons (Fsp3) is 0.407. The molecule has 0 aliphatic heterocycles. The third-order valence-electron chi connectivity index (χ3n) is 6.82. The van der Waals surface area contributed by atoms with Crippen LogP contribution in [-0.4, -0.2) is 37.4 Å². The Bertz CT molecular complexity index is 1350. The van der Waals surface area contributed by atoms with E-state index in [1.807, 2.05) is 37.3 Å². The quantitative estimate of drug-likeness (QED) is 0.286. The molecule has 36 heavy (non-hydrogen) atoms. The van der Waals surface area contributed by atoms with Crippen LogP contribution in [0.5, 0.6) is 0 Å². The standard InChI is InChI=1S/C27H32N6O3/c1-16(29-26(34)21-15-22(36-33-21)27(2,3)35)17-9-11-18(12-10-17)20-13-14-28-24-23(20)25(32-31-24)30-19-7-5-4-6-8-19/h9-16,19,35H,4-8H2,1-3H3,(H,29,34)(H2,28,30,31,32). The predicted molar refractivity (Wildman–Crippen MR) is 137 cm³/mol. The van der Waals surface area contributed by atoms with Crippen LogP contribution in [0.25, 0.3) is 22.2 Å². The van der Waals surface area contributed by atoms with E-state index in [-0.39, 0.29) is 23.4 Å². The lowest BCUT2D eigenvalue weighted by Gasteiger charge is -2.23. The first kappa shape index (κ1) is 24.0. The number of aromatic amines is 1. The van der Waals surface area contributed by atoms with Gasteiger partial charge in [0.1, 0.15) is 5.60 Å². The number of pyridine rings is 1. The Kier molecular flexibility index (Phi) is 6.49. The molecule has 9 nitrogen and oxygen atoms in total. The maximum absolute atomic E-state index is 12.6. The van der Waals surface area contributed by atoms with Crippen LogP contribution in [-0.2, 0) is 5.60 Å². The minimum absolute atomic E-state index is 0.132. The van der Waals surface area contributed by atoms with Crippen molar-refractivity contribution in [1.29, 1.82) is 0 Å². The lowest BCUT2D eigenvalue weighted by Crippen LogP contribution is -2.27. The molecule has 4 aromatic rings. The number of hydrogen-bond donors (Lipinski definition) is 4. The first-order chi connectivity index (χ1) is 17.3. The summed E-state index contributed by atoms with van der Waals surface area (Å²) >= 11 is 0. The number of fused-ring (bicyclic) bond motifs is 1. The van der Waals surface area contributed by atoms with Gasteiger partial charge in [0.25, 0.3) is 5.91 Å². The third-order valence-corrected chi connectivity index (χ3v) is 6.82. The van der Waals surface area contributed by atoms with Gasteiger partial charge in [0, 0.05) is 18.3 Å². The number of rotatable bonds is 7. The zero-order chi connectivity index (χ0) is 25.3. The molecule has 1 aliphatic rings. The molecule has 5 rings (SSSR count). The second-order valence-corrected chi connectivity index (χ2v) is 10.1. The number of aromatic nitrogens is 4. The summed E-state index contributed by atoms with van der Waals surface area (Å²) in [6.07, 6.45) is 7.91. The van der Waals surface area contributed by atoms with E-state index in [9.17, 15) is 9.90 Å². The molecule has 1 atom stereocenters. The Balaban J connectivity index is 1.33. The summed E-state index contributed by atoms with van der Waals surface area (Å²) < 4.78 is 5.11. The van der Waals surface area contributed by atoms with E-state index in [1.54, 1.807) is 20.0 Å². The van der Waals surface area contributed by atoms with Gasteiger partial charge < -0.3 is 20.3 Å². The smallest absolute Gasteiger partial charge is 0.273 e. The number of hydrogen-bond acceptors (Lipinski definition) is 7. The normalized spacial score (nSPS) is 15.7. The van der Waals surface area contributed by atoms with Crippen LogP contribution in [0.4, 0.5) is 5.82 Å². The highest BCUT2D eigenvalue weighted by Gasteiger charge is 2.25. The van der Waals surface area contributed by atoms with Crippen molar-refractivity contribution in [2.45, 2.75) is 70.6 Å². The Morgan fingerprint density at radius 2 is 1.92 bits per heavy atom. The zero-order valence-corrected chi connectivity index (χ0v) is 20.8. The summed E-state index contributed by atoms with van der Waals surface area (Å²) in [4.78, 5) is 17.1. The number of nitrogens with one attached hydrogen (secondary N) is 3. The van der Waals surface area contributed by atoms with Crippen molar-refractivity contribution in [1.82, 2.24) is 25.7 Å². The van der Waals surface area contributed by atoms with Gasteiger partial charge in [-0.15, -0.1) is 0 Å². The lowest BCUT2D eigenvalue weighted by atomic mass is 9.95. The monoisotopic (exact) mass is 488 g/mol. The molecule has 0 radical (unpaired) electrons. The summed E-state index contributed by atoms with van der Waals surface area (Å²) in [6.45, 7) is 5.07. The molecule has 1 saturated carbocycles. The van der Waals surface area contributed by atoms with Gasteiger partial charge in [-0.05, 0) is 56.4 Å². The molecule has 1 aliphatic carbocycles. The van der Waals surface area contributed by atoms with Crippen LogP contribution < -0.4 is 10.6 Å². The molecule has 0 spiro atoms. The summed E-state index contributed by atoms with van der Waals surface area (Å²) in [6, 6.07) is 11.8. The SMILES string of the molecule is CC(NC(=O)c1cc(C(C)(C)O)on1)c1ccc(-c2ccnc3[nH]nc(NC4CCCCC4)c23)cc1. The van der Waals surface area contributed by atoms with Crippen LogP contribution in [0.3, 0.4) is 0 Å². The van der Waals surface area contributed by atoms with Gasteiger partial charge in [-0.3, -0.25) is 9.89 Å². The average Bonchev–Trinajstić information content (AvgIpc) is 3.53. The van der Waals surface area contributed by atoms with Gasteiger partial charge >= 0.3 is 0 Å². The number of aliphatic hydroxyl groups is 1. The Hall–Kier alpha value is -3.72. The van der Waals surface area contributed by atoms with E-state index in [4.69, 9.17) is 4.52 Å².